The van der Waals surface area contributed by atoms with Crippen LogP contribution >= 0.6 is 0 Å². The van der Waals surface area contributed by atoms with Crippen molar-refractivity contribution in [3.05, 3.63) is 72.1 Å². The highest BCUT2D eigenvalue weighted by Gasteiger charge is 2.34. The Hall–Kier alpha value is -3.35. The van der Waals surface area contributed by atoms with Gasteiger partial charge in [-0.3, -0.25) is 9.78 Å². The SMILES string of the molecule is O=Cc1ccc(Nc2ccc(-c3ccc(O)cc3)c(C(F)(F)F)c2)cn1. The van der Waals surface area contributed by atoms with Gasteiger partial charge in [0.1, 0.15) is 11.4 Å². The van der Waals surface area contributed by atoms with Crippen molar-refractivity contribution in [2.45, 2.75) is 6.18 Å². The van der Waals surface area contributed by atoms with E-state index in [0.717, 1.165) is 6.07 Å². The van der Waals surface area contributed by atoms with Crippen LogP contribution in [-0.4, -0.2) is 16.4 Å². The zero-order valence-electron chi connectivity index (χ0n) is 13.3. The number of carbonyl (C=O) groups is 1. The van der Waals surface area contributed by atoms with E-state index in [1.54, 1.807) is 6.07 Å². The first-order valence-electron chi connectivity index (χ1n) is 7.56. The van der Waals surface area contributed by atoms with Gasteiger partial charge in [-0.15, -0.1) is 0 Å². The minimum absolute atomic E-state index is 0.0116. The van der Waals surface area contributed by atoms with E-state index in [1.807, 2.05) is 0 Å². The number of carbonyl (C=O) groups excluding carboxylic acids is 1. The fourth-order valence-electron chi connectivity index (χ4n) is 2.46. The molecule has 4 nitrogen and oxygen atoms in total. The molecule has 0 saturated carbocycles. The van der Waals surface area contributed by atoms with Crippen LogP contribution in [0.2, 0.25) is 0 Å². The van der Waals surface area contributed by atoms with Crippen LogP contribution in [0.4, 0.5) is 24.5 Å². The van der Waals surface area contributed by atoms with Gasteiger partial charge in [-0.1, -0.05) is 18.2 Å². The zero-order chi connectivity index (χ0) is 18.7. The van der Waals surface area contributed by atoms with Crippen LogP contribution in [0.25, 0.3) is 11.1 Å². The number of aromatic hydroxyl groups is 1. The van der Waals surface area contributed by atoms with Gasteiger partial charge in [0.25, 0.3) is 0 Å². The molecule has 26 heavy (non-hydrogen) atoms. The fourth-order valence-corrected chi connectivity index (χ4v) is 2.46. The lowest BCUT2D eigenvalue weighted by molar-refractivity contribution is -0.137. The summed E-state index contributed by atoms with van der Waals surface area (Å²) in [5.74, 6) is -0.0214. The van der Waals surface area contributed by atoms with E-state index >= 15 is 0 Å². The van der Waals surface area contributed by atoms with Crippen molar-refractivity contribution in [2.24, 2.45) is 0 Å². The molecule has 0 aliphatic heterocycles. The maximum atomic E-state index is 13.5. The number of phenolic OH excluding ortho intramolecular Hbond substituents is 1. The molecule has 0 aliphatic rings. The van der Waals surface area contributed by atoms with Gasteiger partial charge in [0.15, 0.2) is 6.29 Å². The van der Waals surface area contributed by atoms with Gasteiger partial charge in [0.05, 0.1) is 17.4 Å². The highest BCUT2D eigenvalue weighted by molar-refractivity contribution is 5.74. The number of phenols is 1. The molecule has 0 unspecified atom stereocenters. The Labute approximate surface area is 146 Å². The first-order valence-corrected chi connectivity index (χ1v) is 7.56. The van der Waals surface area contributed by atoms with Crippen LogP contribution in [0.5, 0.6) is 5.75 Å². The molecule has 0 aliphatic carbocycles. The molecule has 0 spiro atoms. The minimum atomic E-state index is -4.55. The predicted octanol–water partition coefficient (Wildman–Crippen LogP) is 5.03. The highest BCUT2D eigenvalue weighted by Crippen LogP contribution is 2.39. The van der Waals surface area contributed by atoms with E-state index in [9.17, 15) is 23.1 Å². The Balaban J connectivity index is 1.98. The first-order chi connectivity index (χ1) is 12.4. The third-order valence-electron chi connectivity index (χ3n) is 3.70. The highest BCUT2D eigenvalue weighted by atomic mass is 19.4. The second-order valence-electron chi connectivity index (χ2n) is 5.52. The predicted molar refractivity (Wildman–Crippen MR) is 91.5 cm³/mol. The lowest BCUT2D eigenvalue weighted by Crippen LogP contribution is -2.08. The fraction of sp³-hybridized carbons (Fsp3) is 0.0526. The molecular weight excluding hydrogens is 345 g/mol. The second-order valence-corrected chi connectivity index (χ2v) is 5.52. The summed E-state index contributed by atoms with van der Waals surface area (Å²) in [6.07, 6.45) is -2.60. The number of rotatable bonds is 4. The molecule has 3 aromatic rings. The van der Waals surface area contributed by atoms with Gasteiger partial charge in [0.2, 0.25) is 0 Å². The number of aromatic nitrogens is 1. The van der Waals surface area contributed by atoms with E-state index in [2.05, 4.69) is 10.3 Å². The van der Waals surface area contributed by atoms with Crippen molar-refractivity contribution in [1.82, 2.24) is 4.98 Å². The molecule has 1 aromatic heterocycles. The number of halogens is 3. The number of nitrogens with zero attached hydrogens (tertiary/aromatic N) is 1. The Morgan fingerprint density at radius 1 is 0.962 bits per heavy atom. The summed E-state index contributed by atoms with van der Waals surface area (Å²) in [6.45, 7) is 0. The molecule has 0 atom stereocenters. The van der Waals surface area contributed by atoms with Gasteiger partial charge in [-0.2, -0.15) is 13.2 Å². The Kier molecular flexibility index (Phi) is 4.62. The number of benzene rings is 2. The van der Waals surface area contributed by atoms with Crippen molar-refractivity contribution in [1.29, 1.82) is 0 Å². The smallest absolute Gasteiger partial charge is 0.417 e. The minimum Gasteiger partial charge on any atom is -0.508 e. The normalized spacial score (nSPS) is 11.2. The van der Waals surface area contributed by atoms with Crippen molar-refractivity contribution >= 4 is 17.7 Å². The molecular formula is C19H13F3N2O2. The van der Waals surface area contributed by atoms with Gasteiger partial charge in [-0.05, 0) is 47.5 Å². The lowest BCUT2D eigenvalue weighted by Gasteiger charge is -2.16. The van der Waals surface area contributed by atoms with Crippen molar-refractivity contribution in [3.63, 3.8) is 0 Å². The maximum Gasteiger partial charge on any atom is 0.417 e. The molecule has 2 N–H and O–H groups in total. The van der Waals surface area contributed by atoms with Crippen LogP contribution in [0.3, 0.4) is 0 Å². The van der Waals surface area contributed by atoms with E-state index in [0.29, 0.717) is 17.5 Å². The topological polar surface area (TPSA) is 62.2 Å². The summed E-state index contributed by atoms with van der Waals surface area (Å²) < 4.78 is 40.5. The Bertz CT molecular complexity index is 921. The van der Waals surface area contributed by atoms with Crippen molar-refractivity contribution in [2.75, 3.05) is 5.32 Å². The summed E-state index contributed by atoms with van der Waals surface area (Å²) in [5, 5.41) is 12.2. The van der Waals surface area contributed by atoms with Crippen LogP contribution in [-0.2, 0) is 6.18 Å². The quantitative estimate of drug-likeness (QED) is 0.642. The molecule has 132 valence electrons. The molecule has 0 bridgehead atoms. The average molecular weight is 358 g/mol. The number of pyridine rings is 1. The van der Waals surface area contributed by atoms with Gasteiger partial charge in [0, 0.05) is 5.69 Å². The monoisotopic (exact) mass is 358 g/mol. The largest absolute Gasteiger partial charge is 0.508 e. The molecule has 0 amide bonds. The molecule has 7 heteroatoms. The van der Waals surface area contributed by atoms with Crippen molar-refractivity contribution < 1.29 is 23.1 Å². The standard InChI is InChI=1S/C19H13F3N2O2/c20-19(21,22)18-9-13(24-14-3-4-15(11-25)23-10-14)5-8-17(18)12-1-6-16(26)7-2-12/h1-11,24,26H. The molecule has 0 radical (unpaired) electrons. The maximum absolute atomic E-state index is 13.5. The summed E-state index contributed by atoms with van der Waals surface area (Å²) in [4.78, 5) is 14.5. The molecule has 0 saturated heterocycles. The van der Waals surface area contributed by atoms with E-state index in [-0.39, 0.29) is 22.7 Å². The summed E-state index contributed by atoms with van der Waals surface area (Å²) in [7, 11) is 0. The third kappa shape index (κ3) is 3.83. The molecule has 2 aromatic carbocycles. The van der Waals surface area contributed by atoms with E-state index < -0.39 is 11.7 Å². The number of anilines is 2. The number of hydrogen-bond acceptors (Lipinski definition) is 4. The lowest BCUT2D eigenvalue weighted by atomic mass is 9.98. The summed E-state index contributed by atoms with van der Waals surface area (Å²) in [6, 6.07) is 12.4. The van der Waals surface area contributed by atoms with Crippen molar-refractivity contribution in [3.8, 4) is 16.9 Å². The van der Waals surface area contributed by atoms with Crippen LogP contribution < -0.4 is 5.32 Å². The van der Waals surface area contributed by atoms with Crippen LogP contribution in [0.1, 0.15) is 16.1 Å². The van der Waals surface area contributed by atoms with Crippen LogP contribution in [0.15, 0.2) is 60.8 Å². The number of nitrogens with one attached hydrogen (secondary N) is 1. The third-order valence-corrected chi connectivity index (χ3v) is 3.70. The van der Waals surface area contributed by atoms with Gasteiger partial charge < -0.3 is 10.4 Å². The van der Waals surface area contributed by atoms with Gasteiger partial charge >= 0.3 is 6.18 Å². The second kappa shape index (κ2) is 6.87. The van der Waals surface area contributed by atoms with Crippen LogP contribution in [0, 0.1) is 0 Å². The van der Waals surface area contributed by atoms with E-state index in [4.69, 9.17) is 0 Å². The average Bonchev–Trinajstić information content (AvgIpc) is 2.62. The zero-order valence-corrected chi connectivity index (χ0v) is 13.3. The molecule has 1 heterocycles. The summed E-state index contributed by atoms with van der Waals surface area (Å²) >= 11 is 0. The first kappa shape index (κ1) is 17.5. The number of hydrogen-bond donors (Lipinski definition) is 2. The Morgan fingerprint density at radius 3 is 2.23 bits per heavy atom. The molecule has 3 rings (SSSR count). The van der Waals surface area contributed by atoms with Gasteiger partial charge in [-0.25, -0.2) is 0 Å². The summed E-state index contributed by atoms with van der Waals surface area (Å²) in [5.41, 5.74) is 0.484. The number of aldehydes is 1. The van der Waals surface area contributed by atoms with E-state index in [1.165, 1.54) is 48.7 Å². The number of alkyl halides is 3. The Morgan fingerprint density at radius 2 is 1.65 bits per heavy atom. The molecule has 0 fully saturated rings.